The van der Waals surface area contributed by atoms with Crippen molar-refractivity contribution in [2.24, 2.45) is 12.0 Å². The topological polar surface area (TPSA) is 86.2 Å². The molecule has 4 rings (SSSR count). The lowest BCUT2D eigenvalue weighted by molar-refractivity contribution is -0.138. The molecule has 0 radical (unpaired) electrons. The summed E-state index contributed by atoms with van der Waals surface area (Å²) in [5.74, 6) is -0.909. The van der Waals surface area contributed by atoms with Crippen molar-refractivity contribution < 1.29 is 18.0 Å². The first kappa shape index (κ1) is 23.7. The molecule has 8 nitrogen and oxygen atoms in total. The number of aryl methyl sites for hydroxylation is 1. The van der Waals surface area contributed by atoms with Crippen LogP contribution in [0.4, 0.5) is 13.2 Å². The summed E-state index contributed by atoms with van der Waals surface area (Å²) >= 11 is 0. The van der Waals surface area contributed by atoms with Gasteiger partial charge < -0.3 is 5.32 Å². The zero-order valence-electron chi connectivity index (χ0n) is 18.7. The summed E-state index contributed by atoms with van der Waals surface area (Å²) in [6.07, 6.45) is 0.232. The Kier molecular flexibility index (Phi) is 6.41. The smallest absolute Gasteiger partial charge is 0.345 e. The maximum atomic E-state index is 13.2. The van der Waals surface area contributed by atoms with E-state index in [0.717, 1.165) is 21.4 Å². The molecular weight excluding hydrogens is 461 g/mol. The molecule has 0 aliphatic rings. The van der Waals surface area contributed by atoms with Gasteiger partial charge in [0.15, 0.2) is 0 Å². The Morgan fingerprint density at radius 2 is 1.83 bits per heavy atom. The maximum Gasteiger partial charge on any atom is 0.405 e. The van der Waals surface area contributed by atoms with Gasteiger partial charge in [-0.15, -0.1) is 0 Å². The predicted molar refractivity (Wildman–Crippen MR) is 127 cm³/mol. The number of nitrogens with one attached hydrogen (secondary N) is 1. The number of aromatic nitrogens is 4. The second-order valence-corrected chi connectivity index (χ2v) is 7.66. The van der Waals surface area contributed by atoms with E-state index in [0.29, 0.717) is 16.7 Å². The highest BCUT2D eigenvalue weighted by Crippen LogP contribution is 2.25. The summed E-state index contributed by atoms with van der Waals surface area (Å²) < 4.78 is 41.6. The number of benzene rings is 2. The molecule has 2 heterocycles. The van der Waals surface area contributed by atoms with Gasteiger partial charge in [-0.1, -0.05) is 30.8 Å². The van der Waals surface area contributed by atoms with Crippen LogP contribution in [0.5, 0.6) is 0 Å². The molecule has 1 amide bonds. The zero-order chi connectivity index (χ0) is 25.2. The molecule has 1 N–H and O–H groups in total. The van der Waals surface area contributed by atoms with Crippen molar-refractivity contribution in [2.75, 3.05) is 6.54 Å². The fourth-order valence-corrected chi connectivity index (χ4v) is 3.74. The summed E-state index contributed by atoms with van der Waals surface area (Å²) in [5.41, 5.74) is 3.40. The Balaban J connectivity index is 1.70. The number of imidazole rings is 1. The molecular formula is C24H21F3N6O2. The van der Waals surface area contributed by atoms with Crippen LogP contribution in [0, 0.1) is 0 Å². The molecule has 0 atom stereocenters. The second-order valence-electron chi connectivity index (χ2n) is 7.66. The second kappa shape index (κ2) is 9.45. The number of rotatable bonds is 7. The standard InChI is InChI=1S/C24H21F3N6O2/c1-3-28-13-21-18(12-30-31(21)2)16-8-10-17(11-9-16)33-20-7-5-4-6-19(20)32(23(33)35)14-22(34)29-15-24(25,26)27/h3-13H,1,14-15H2,2H3,(H,29,34). The van der Waals surface area contributed by atoms with Gasteiger partial charge in [0.05, 0.1) is 34.8 Å². The van der Waals surface area contributed by atoms with E-state index in [2.05, 4.69) is 16.7 Å². The van der Waals surface area contributed by atoms with Crippen LogP contribution in [0.25, 0.3) is 27.8 Å². The molecule has 0 spiro atoms. The number of carbonyl (C=O) groups is 1. The van der Waals surface area contributed by atoms with Gasteiger partial charge in [0.2, 0.25) is 5.91 Å². The van der Waals surface area contributed by atoms with Crippen LogP contribution in [-0.4, -0.2) is 43.8 Å². The fourth-order valence-electron chi connectivity index (χ4n) is 3.74. The van der Waals surface area contributed by atoms with Crippen molar-refractivity contribution in [1.82, 2.24) is 24.2 Å². The molecule has 4 aromatic rings. The number of halogens is 3. The van der Waals surface area contributed by atoms with Gasteiger partial charge in [-0.25, -0.2) is 4.79 Å². The monoisotopic (exact) mass is 482 g/mol. The lowest BCUT2D eigenvalue weighted by Crippen LogP contribution is -2.37. The molecule has 0 fully saturated rings. The van der Waals surface area contributed by atoms with Crippen molar-refractivity contribution in [1.29, 1.82) is 0 Å². The quantitative estimate of drug-likeness (QED) is 0.410. The van der Waals surface area contributed by atoms with E-state index < -0.39 is 30.9 Å². The number of fused-ring (bicyclic) bond motifs is 1. The Morgan fingerprint density at radius 1 is 1.14 bits per heavy atom. The Labute approximate surface area is 197 Å². The van der Waals surface area contributed by atoms with E-state index in [-0.39, 0.29) is 0 Å². The van der Waals surface area contributed by atoms with Gasteiger partial charge >= 0.3 is 11.9 Å². The van der Waals surface area contributed by atoms with Crippen LogP contribution < -0.4 is 11.0 Å². The van der Waals surface area contributed by atoms with Crippen LogP contribution in [0.3, 0.4) is 0 Å². The van der Waals surface area contributed by atoms with Crippen LogP contribution in [0.1, 0.15) is 5.69 Å². The summed E-state index contributed by atoms with van der Waals surface area (Å²) in [6.45, 7) is 1.57. The lowest BCUT2D eigenvalue weighted by Gasteiger charge is -2.08. The minimum absolute atomic E-state index is 0.430. The number of aliphatic imine (C=N–C) groups is 1. The average molecular weight is 482 g/mol. The fraction of sp³-hybridized carbons (Fsp3) is 0.167. The van der Waals surface area contributed by atoms with Crippen molar-refractivity contribution in [3.63, 3.8) is 0 Å². The minimum atomic E-state index is -4.54. The highest BCUT2D eigenvalue weighted by atomic mass is 19.4. The van der Waals surface area contributed by atoms with Crippen molar-refractivity contribution >= 4 is 23.2 Å². The van der Waals surface area contributed by atoms with Gasteiger partial charge in [-0.3, -0.25) is 23.6 Å². The summed E-state index contributed by atoms with van der Waals surface area (Å²) in [4.78, 5) is 29.4. The molecule has 35 heavy (non-hydrogen) atoms. The van der Waals surface area contributed by atoms with Gasteiger partial charge in [0.1, 0.15) is 13.1 Å². The van der Waals surface area contributed by atoms with E-state index in [9.17, 15) is 22.8 Å². The SMILES string of the molecule is C=CN=Cc1c(-c2ccc(-n3c(=O)n(CC(=O)NCC(F)(F)F)c4ccccc43)cc2)cnn1C. The van der Waals surface area contributed by atoms with Crippen LogP contribution in [-0.2, 0) is 18.4 Å². The largest absolute Gasteiger partial charge is 0.405 e. The van der Waals surface area contributed by atoms with Crippen LogP contribution >= 0.6 is 0 Å². The van der Waals surface area contributed by atoms with Gasteiger partial charge in [0, 0.05) is 18.8 Å². The van der Waals surface area contributed by atoms with E-state index >= 15 is 0 Å². The number of hydrogen-bond donors (Lipinski definition) is 1. The lowest BCUT2D eigenvalue weighted by atomic mass is 10.1. The van der Waals surface area contributed by atoms with Crippen molar-refractivity contribution in [3.8, 4) is 16.8 Å². The number of alkyl halides is 3. The number of nitrogens with zero attached hydrogens (tertiary/aromatic N) is 5. The summed E-state index contributed by atoms with van der Waals surface area (Å²) in [5, 5.41) is 6.07. The van der Waals surface area contributed by atoms with Gasteiger partial charge in [-0.05, 0) is 29.8 Å². The summed E-state index contributed by atoms with van der Waals surface area (Å²) in [6, 6.07) is 13.9. The number of amides is 1. The van der Waals surface area contributed by atoms with E-state index in [1.165, 1.54) is 10.8 Å². The molecule has 0 unspecified atom stereocenters. The number of para-hydroxylation sites is 2. The highest BCUT2D eigenvalue weighted by molar-refractivity contribution is 5.89. The van der Waals surface area contributed by atoms with Crippen molar-refractivity contribution in [3.05, 3.63) is 83.7 Å². The first-order chi connectivity index (χ1) is 16.7. The normalized spacial score (nSPS) is 11.9. The third-order valence-electron chi connectivity index (χ3n) is 5.35. The van der Waals surface area contributed by atoms with Crippen LogP contribution in [0.15, 0.2) is 77.3 Å². The molecule has 0 bridgehead atoms. The molecule has 0 aliphatic carbocycles. The molecule has 180 valence electrons. The van der Waals surface area contributed by atoms with Gasteiger partial charge in [-0.2, -0.15) is 18.3 Å². The van der Waals surface area contributed by atoms with Crippen LogP contribution in [0.2, 0.25) is 0 Å². The Bertz CT molecular complexity index is 1480. The van der Waals surface area contributed by atoms with E-state index in [1.54, 1.807) is 65.9 Å². The third-order valence-corrected chi connectivity index (χ3v) is 5.35. The highest BCUT2D eigenvalue weighted by Gasteiger charge is 2.28. The molecule has 0 saturated heterocycles. The number of hydrogen-bond acceptors (Lipinski definition) is 4. The van der Waals surface area contributed by atoms with E-state index in [4.69, 9.17) is 0 Å². The summed E-state index contributed by atoms with van der Waals surface area (Å²) in [7, 11) is 1.79. The third kappa shape index (κ3) is 4.93. The van der Waals surface area contributed by atoms with Gasteiger partial charge in [0.25, 0.3) is 0 Å². The average Bonchev–Trinajstić information content (AvgIpc) is 3.33. The first-order valence-electron chi connectivity index (χ1n) is 10.5. The maximum absolute atomic E-state index is 13.2. The Morgan fingerprint density at radius 3 is 2.49 bits per heavy atom. The zero-order valence-corrected chi connectivity index (χ0v) is 18.7. The molecule has 0 saturated carbocycles. The molecule has 11 heteroatoms. The molecule has 2 aromatic carbocycles. The number of carbonyl (C=O) groups excluding carboxylic acids is 1. The Hall–Kier alpha value is -4.41. The predicted octanol–water partition coefficient (Wildman–Crippen LogP) is 3.43. The first-order valence-corrected chi connectivity index (χ1v) is 10.5. The molecule has 2 aromatic heterocycles. The van der Waals surface area contributed by atoms with Crippen molar-refractivity contribution in [2.45, 2.75) is 12.7 Å². The van der Waals surface area contributed by atoms with E-state index in [1.807, 2.05) is 12.1 Å². The minimum Gasteiger partial charge on any atom is -0.345 e. The molecule has 0 aliphatic heterocycles.